The van der Waals surface area contributed by atoms with E-state index in [2.05, 4.69) is 15.9 Å². The van der Waals surface area contributed by atoms with Gasteiger partial charge in [-0.2, -0.15) is 0 Å². The van der Waals surface area contributed by atoms with Crippen molar-refractivity contribution in [3.05, 3.63) is 104 Å². The second-order valence-corrected chi connectivity index (χ2v) is 9.74. The molecule has 9 nitrogen and oxygen atoms in total. The molecule has 3 aromatic carbocycles. The number of nitrogens with zero attached hydrogens (tertiary/aromatic N) is 2. The summed E-state index contributed by atoms with van der Waals surface area (Å²) in [5, 5.41) is 11.1. The summed E-state index contributed by atoms with van der Waals surface area (Å²) in [6, 6.07) is 18.1. The molecule has 10 heteroatoms. The number of halogens is 1. The van der Waals surface area contributed by atoms with Crippen molar-refractivity contribution >= 4 is 50.7 Å². The molecule has 2 saturated heterocycles. The van der Waals surface area contributed by atoms with Crippen molar-refractivity contribution in [2.24, 2.45) is 11.8 Å². The van der Waals surface area contributed by atoms with Gasteiger partial charge >= 0.3 is 0 Å². The lowest BCUT2D eigenvalue weighted by atomic mass is 9.77. The van der Waals surface area contributed by atoms with Gasteiger partial charge in [-0.15, -0.1) is 0 Å². The number of ketones is 2. The maximum Gasteiger partial charge on any atom is 0.269 e. The van der Waals surface area contributed by atoms with Gasteiger partial charge in [0.15, 0.2) is 0 Å². The maximum absolute atomic E-state index is 13.8. The van der Waals surface area contributed by atoms with Gasteiger partial charge in [-0.1, -0.05) is 52.3 Å². The monoisotopic (exact) mass is 546 g/mol. The number of benzene rings is 3. The molecule has 0 aromatic heterocycles. The number of carbonyl (C=O) groups excluding carboxylic acids is 4. The van der Waals surface area contributed by atoms with Crippen molar-refractivity contribution in [2.75, 3.05) is 4.90 Å². The Hall–Kier alpha value is -4.02. The van der Waals surface area contributed by atoms with E-state index >= 15 is 0 Å². The molecule has 3 atom stereocenters. The largest absolute Gasteiger partial charge is 0.349 e. The molecule has 2 fully saturated rings. The third kappa shape index (κ3) is 2.85. The highest BCUT2D eigenvalue weighted by Crippen LogP contribution is 2.57. The predicted molar refractivity (Wildman–Crippen MR) is 128 cm³/mol. The fourth-order valence-corrected chi connectivity index (χ4v) is 5.90. The first kappa shape index (κ1) is 22.4. The van der Waals surface area contributed by atoms with Gasteiger partial charge in [0.25, 0.3) is 5.69 Å². The molecule has 0 saturated carbocycles. The number of nitro groups is 1. The summed E-state index contributed by atoms with van der Waals surface area (Å²) in [6.45, 7) is 0. The topological polar surface area (TPSA) is 124 Å². The Balaban J connectivity index is 1.52. The van der Waals surface area contributed by atoms with Gasteiger partial charge in [-0.25, -0.2) is 4.90 Å². The molecule has 3 aromatic rings. The van der Waals surface area contributed by atoms with Crippen molar-refractivity contribution in [1.82, 2.24) is 0 Å². The van der Waals surface area contributed by atoms with Gasteiger partial charge in [0, 0.05) is 27.7 Å². The molecule has 36 heavy (non-hydrogen) atoms. The zero-order valence-corrected chi connectivity index (χ0v) is 19.9. The van der Waals surface area contributed by atoms with Crippen molar-refractivity contribution < 1.29 is 28.8 Å². The molecular formula is C26H15BrN2O7. The number of hydrogen-bond donors (Lipinski definition) is 0. The fraction of sp³-hybridized carbons (Fsp3) is 0.154. The van der Waals surface area contributed by atoms with Gasteiger partial charge in [0.1, 0.15) is 0 Å². The average molecular weight is 547 g/mol. The maximum atomic E-state index is 13.8. The number of fused-ring (bicyclic) bond motifs is 3. The Morgan fingerprint density at radius 3 is 2.08 bits per heavy atom. The van der Waals surface area contributed by atoms with E-state index in [1.807, 2.05) is 0 Å². The second kappa shape index (κ2) is 7.74. The average Bonchev–Trinajstić information content (AvgIpc) is 3.44. The number of anilines is 1. The highest BCUT2D eigenvalue weighted by molar-refractivity contribution is 9.10. The lowest BCUT2D eigenvalue weighted by molar-refractivity contribution is -0.384. The molecule has 1 spiro atoms. The predicted octanol–water partition coefficient (Wildman–Crippen LogP) is 4.05. The van der Waals surface area contributed by atoms with E-state index < -0.39 is 51.8 Å². The Kier molecular flexibility index (Phi) is 4.83. The number of non-ortho nitro benzene ring substituents is 1. The Bertz CT molecular complexity index is 1480. The summed E-state index contributed by atoms with van der Waals surface area (Å²) >= 11 is 3.39. The summed E-state index contributed by atoms with van der Waals surface area (Å²) < 4.78 is 6.92. The molecule has 2 heterocycles. The van der Waals surface area contributed by atoms with Crippen molar-refractivity contribution in [2.45, 2.75) is 11.7 Å². The lowest BCUT2D eigenvalue weighted by Crippen LogP contribution is -2.51. The number of ether oxygens (including phenoxy) is 1. The standard InChI is InChI=1S/C26H15BrN2O7/c27-14-5-3-4-13(12-14)21-19-20(26(36-21)22(30)17-6-1-2-7-18(17)23(26)31)25(33)28(24(19)32)15-8-10-16(11-9-15)29(34)35/h1-12,19-21H/t19-,20-,21-/m0/s1. The van der Waals surface area contributed by atoms with Gasteiger partial charge in [0.2, 0.25) is 29.0 Å². The number of Topliss-reactive ketones (excluding diaryl/α,β-unsaturated/α-hetero) is 2. The molecule has 2 aliphatic heterocycles. The number of hydrogen-bond acceptors (Lipinski definition) is 7. The molecule has 0 bridgehead atoms. The van der Waals surface area contributed by atoms with Crippen LogP contribution in [0, 0.1) is 22.0 Å². The fourth-order valence-electron chi connectivity index (χ4n) is 5.48. The molecule has 178 valence electrons. The van der Waals surface area contributed by atoms with Crippen LogP contribution in [0.25, 0.3) is 0 Å². The van der Waals surface area contributed by atoms with Gasteiger partial charge in [0.05, 0.1) is 28.6 Å². The van der Waals surface area contributed by atoms with E-state index in [1.54, 1.807) is 36.4 Å². The van der Waals surface area contributed by atoms with Crippen LogP contribution in [0.4, 0.5) is 11.4 Å². The second-order valence-electron chi connectivity index (χ2n) is 8.82. The molecule has 0 N–H and O–H groups in total. The molecule has 2 amide bonds. The Morgan fingerprint density at radius 2 is 1.50 bits per heavy atom. The van der Waals surface area contributed by atoms with E-state index in [9.17, 15) is 29.3 Å². The van der Waals surface area contributed by atoms with E-state index in [0.717, 1.165) is 4.90 Å². The van der Waals surface area contributed by atoms with Crippen LogP contribution in [0.2, 0.25) is 0 Å². The van der Waals surface area contributed by atoms with Gasteiger partial charge < -0.3 is 4.74 Å². The first-order valence-electron chi connectivity index (χ1n) is 11.0. The highest BCUT2D eigenvalue weighted by Gasteiger charge is 2.74. The number of rotatable bonds is 3. The first-order valence-corrected chi connectivity index (χ1v) is 11.8. The van der Waals surface area contributed by atoms with Crippen LogP contribution in [0.1, 0.15) is 32.4 Å². The minimum atomic E-state index is -2.18. The zero-order chi connectivity index (χ0) is 25.4. The molecule has 1 aliphatic carbocycles. The van der Waals surface area contributed by atoms with Crippen LogP contribution in [-0.2, 0) is 14.3 Å². The number of imide groups is 1. The Labute approximate surface area is 211 Å². The highest BCUT2D eigenvalue weighted by atomic mass is 79.9. The van der Waals surface area contributed by atoms with Crippen molar-refractivity contribution in [3.63, 3.8) is 0 Å². The molecule has 6 rings (SSSR count). The summed E-state index contributed by atoms with van der Waals surface area (Å²) in [5.41, 5.74) is -1.45. The van der Waals surface area contributed by atoms with E-state index in [0.29, 0.717) is 10.0 Å². The van der Waals surface area contributed by atoms with Crippen molar-refractivity contribution in [3.8, 4) is 0 Å². The third-order valence-electron chi connectivity index (χ3n) is 7.01. The lowest BCUT2D eigenvalue weighted by Gasteiger charge is -2.27. The van der Waals surface area contributed by atoms with Crippen LogP contribution in [-0.4, -0.2) is 33.9 Å². The molecule has 0 unspecified atom stereocenters. The number of nitro benzene ring substituents is 1. The summed E-state index contributed by atoms with van der Waals surface area (Å²) in [4.78, 5) is 66.4. The first-order chi connectivity index (χ1) is 17.3. The minimum Gasteiger partial charge on any atom is -0.349 e. The Morgan fingerprint density at radius 1 is 0.861 bits per heavy atom. The minimum absolute atomic E-state index is 0.114. The summed E-state index contributed by atoms with van der Waals surface area (Å²) in [5.74, 6) is -5.24. The van der Waals surface area contributed by atoms with E-state index in [4.69, 9.17) is 4.74 Å². The number of carbonyl (C=O) groups is 4. The van der Waals surface area contributed by atoms with Crippen LogP contribution in [0.3, 0.4) is 0 Å². The molecule has 0 radical (unpaired) electrons. The van der Waals surface area contributed by atoms with E-state index in [-0.39, 0.29) is 22.5 Å². The smallest absolute Gasteiger partial charge is 0.269 e. The van der Waals surface area contributed by atoms with Crippen molar-refractivity contribution in [1.29, 1.82) is 0 Å². The van der Waals surface area contributed by atoms with E-state index in [1.165, 1.54) is 36.4 Å². The van der Waals surface area contributed by atoms with Crippen LogP contribution in [0.15, 0.2) is 77.3 Å². The third-order valence-corrected chi connectivity index (χ3v) is 7.51. The van der Waals surface area contributed by atoms with Crippen LogP contribution >= 0.6 is 15.9 Å². The SMILES string of the molecule is O=C1[C@H]2[C@@H](C(=O)N1c1ccc([N+](=O)[O-])cc1)C1(O[C@H]2c2cccc(Br)c2)C(=O)c2ccccc2C1=O. The summed E-state index contributed by atoms with van der Waals surface area (Å²) in [6.07, 6.45) is -1.05. The van der Waals surface area contributed by atoms with Crippen LogP contribution < -0.4 is 4.90 Å². The summed E-state index contributed by atoms with van der Waals surface area (Å²) in [7, 11) is 0. The zero-order valence-electron chi connectivity index (χ0n) is 18.3. The van der Waals surface area contributed by atoms with Gasteiger partial charge in [-0.3, -0.25) is 29.3 Å². The molecular weight excluding hydrogens is 532 g/mol. The quantitative estimate of drug-likeness (QED) is 0.210. The van der Waals surface area contributed by atoms with Gasteiger partial charge in [-0.05, 0) is 29.8 Å². The molecule has 3 aliphatic rings. The number of amides is 2. The van der Waals surface area contributed by atoms with Crippen LogP contribution in [0.5, 0.6) is 0 Å². The normalized spacial score (nSPS) is 23.9.